The Morgan fingerprint density at radius 2 is 1.83 bits per heavy atom. The summed E-state index contributed by atoms with van der Waals surface area (Å²) in [6.45, 7) is 1.51. The van der Waals surface area contributed by atoms with E-state index < -0.39 is 17.8 Å². The number of urea groups is 1. The maximum Gasteiger partial charge on any atom is 0.416 e. The molecule has 1 aliphatic rings. The number of nitrogens with two attached hydrogens (primary N) is 1. The predicted molar refractivity (Wildman–Crippen MR) is 104 cm³/mol. The average molecular weight is 422 g/mol. The number of hydrogen-bond donors (Lipinski definition) is 2. The molecule has 10 heteroatoms. The first kappa shape index (κ1) is 21.4. The molecule has 3 rings (SSSR count). The maximum absolute atomic E-state index is 13.2. The van der Waals surface area contributed by atoms with Gasteiger partial charge in [0.1, 0.15) is 0 Å². The summed E-state index contributed by atoms with van der Waals surface area (Å²) < 4.78 is 44.8. The fraction of sp³-hybridized carbons (Fsp3) is 0.300. The number of anilines is 1. The van der Waals surface area contributed by atoms with Gasteiger partial charge in [0.2, 0.25) is 0 Å². The molecular formula is C20H21F3N4O3. The van der Waals surface area contributed by atoms with Gasteiger partial charge >= 0.3 is 12.2 Å². The Morgan fingerprint density at radius 1 is 1.17 bits per heavy atom. The lowest BCUT2D eigenvalue weighted by atomic mass is 10.1. The van der Waals surface area contributed by atoms with E-state index in [0.29, 0.717) is 37.4 Å². The summed E-state index contributed by atoms with van der Waals surface area (Å²) in [5.74, 6) is -0.0688. The van der Waals surface area contributed by atoms with Gasteiger partial charge in [-0.3, -0.25) is 4.90 Å². The van der Waals surface area contributed by atoms with E-state index in [0.717, 1.165) is 12.1 Å². The predicted octanol–water partition coefficient (Wildman–Crippen LogP) is 3.26. The zero-order valence-corrected chi connectivity index (χ0v) is 16.0. The van der Waals surface area contributed by atoms with Crippen molar-refractivity contribution in [1.82, 2.24) is 4.90 Å². The lowest BCUT2D eigenvalue weighted by Gasteiger charge is -2.33. The van der Waals surface area contributed by atoms with Crippen LogP contribution in [-0.4, -0.2) is 48.3 Å². The molecule has 2 amide bonds. The minimum atomic E-state index is -4.52. The van der Waals surface area contributed by atoms with Crippen LogP contribution in [0.2, 0.25) is 0 Å². The van der Waals surface area contributed by atoms with Gasteiger partial charge < -0.3 is 20.6 Å². The molecule has 2 aromatic carbocycles. The third-order valence-electron chi connectivity index (χ3n) is 4.70. The van der Waals surface area contributed by atoms with Crippen molar-refractivity contribution in [3.8, 4) is 0 Å². The van der Waals surface area contributed by atoms with Crippen LogP contribution < -0.4 is 10.6 Å². The van der Waals surface area contributed by atoms with Gasteiger partial charge in [0, 0.05) is 24.3 Å². The molecule has 160 valence electrons. The number of halogens is 3. The SMILES string of the molecule is NC(=NO)c1ccc(CN(C(=O)N2CCOCC2)c2cccc(C(F)(F)F)c2)cc1. The van der Waals surface area contributed by atoms with Crippen molar-refractivity contribution in [1.29, 1.82) is 0 Å². The van der Waals surface area contributed by atoms with Crippen LogP contribution in [0.25, 0.3) is 0 Å². The van der Waals surface area contributed by atoms with E-state index in [1.807, 2.05) is 0 Å². The topological polar surface area (TPSA) is 91.4 Å². The van der Waals surface area contributed by atoms with Crippen LogP contribution in [0.3, 0.4) is 0 Å². The summed E-state index contributed by atoms with van der Waals surface area (Å²) in [6.07, 6.45) is -4.52. The molecule has 2 aromatic rings. The lowest BCUT2D eigenvalue weighted by molar-refractivity contribution is -0.137. The van der Waals surface area contributed by atoms with Crippen molar-refractivity contribution in [3.63, 3.8) is 0 Å². The van der Waals surface area contributed by atoms with Crippen LogP contribution in [0.5, 0.6) is 0 Å². The first-order valence-electron chi connectivity index (χ1n) is 9.18. The average Bonchev–Trinajstić information content (AvgIpc) is 2.77. The van der Waals surface area contributed by atoms with Crippen molar-refractivity contribution in [2.45, 2.75) is 12.7 Å². The number of rotatable bonds is 4. The van der Waals surface area contributed by atoms with E-state index in [1.54, 1.807) is 29.2 Å². The third-order valence-corrected chi connectivity index (χ3v) is 4.70. The molecule has 0 bridgehead atoms. The molecule has 1 saturated heterocycles. The first-order chi connectivity index (χ1) is 14.3. The molecule has 0 atom stereocenters. The molecular weight excluding hydrogens is 401 g/mol. The number of amidine groups is 1. The zero-order valence-electron chi connectivity index (χ0n) is 16.0. The fourth-order valence-corrected chi connectivity index (χ4v) is 3.07. The Balaban J connectivity index is 1.92. The molecule has 1 fully saturated rings. The number of morpholine rings is 1. The minimum absolute atomic E-state index is 0.0496. The molecule has 1 heterocycles. The number of oxime groups is 1. The molecule has 0 aromatic heterocycles. The van der Waals surface area contributed by atoms with Crippen LogP contribution in [0.15, 0.2) is 53.7 Å². The molecule has 0 unspecified atom stereocenters. The standard InChI is InChI=1S/C20H21F3N4O3/c21-20(22,23)16-2-1-3-17(12-16)27(19(28)26-8-10-30-11-9-26)13-14-4-6-15(7-5-14)18(24)25-29/h1-7,12,29H,8-11,13H2,(H2,24,25). The Hall–Kier alpha value is -3.27. The quantitative estimate of drug-likeness (QED) is 0.343. The van der Waals surface area contributed by atoms with Gasteiger partial charge in [0.25, 0.3) is 0 Å². The third kappa shape index (κ3) is 5.01. The number of alkyl halides is 3. The maximum atomic E-state index is 13.2. The van der Waals surface area contributed by atoms with Crippen LogP contribution >= 0.6 is 0 Å². The van der Waals surface area contributed by atoms with E-state index in [1.165, 1.54) is 17.0 Å². The number of ether oxygens (including phenoxy) is 1. The normalized spacial score (nSPS) is 15.2. The molecule has 7 nitrogen and oxygen atoms in total. The van der Waals surface area contributed by atoms with Gasteiger partial charge in [0.05, 0.1) is 25.3 Å². The highest BCUT2D eigenvalue weighted by Crippen LogP contribution is 2.32. The lowest BCUT2D eigenvalue weighted by Crippen LogP contribution is -2.48. The van der Waals surface area contributed by atoms with Crippen molar-refractivity contribution in [2.24, 2.45) is 10.9 Å². The van der Waals surface area contributed by atoms with Crippen molar-refractivity contribution in [3.05, 3.63) is 65.2 Å². The zero-order chi connectivity index (χ0) is 21.7. The summed E-state index contributed by atoms with van der Waals surface area (Å²) in [4.78, 5) is 16.0. The number of carbonyl (C=O) groups excluding carboxylic acids is 1. The highest BCUT2D eigenvalue weighted by molar-refractivity contribution is 5.97. The monoisotopic (exact) mass is 422 g/mol. The summed E-state index contributed by atoms with van der Waals surface area (Å²) in [5.41, 5.74) is 6.01. The molecule has 0 radical (unpaired) electrons. The fourth-order valence-electron chi connectivity index (χ4n) is 3.07. The number of benzene rings is 2. The molecule has 1 aliphatic heterocycles. The second-order valence-electron chi connectivity index (χ2n) is 6.70. The van der Waals surface area contributed by atoms with Gasteiger partial charge in [-0.15, -0.1) is 0 Å². The number of carbonyl (C=O) groups is 1. The Labute approximate surface area is 171 Å². The Bertz CT molecular complexity index is 910. The Morgan fingerprint density at radius 3 is 2.43 bits per heavy atom. The Kier molecular flexibility index (Phi) is 6.46. The summed E-state index contributed by atoms with van der Waals surface area (Å²) in [7, 11) is 0. The van der Waals surface area contributed by atoms with Crippen molar-refractivity contribution >= 4 is 17.6 Å². The van der Waals surface area contributed by atoms with Gasteiger partial charge in [-0.1, -0.05) is 35.5 Å². The summed E-state index contributed by atoms with van der Waals surface area (Å²) >= 11 is 0. The van der Waals surface area contributed by atoms with E-state index in [9.17, 15) is 18.0 Å². The molecule has 3 N–H and O–H groups in total. The molecule has 30 heavy (non-hydrogen) atoms. The van der Waals surface area contributed by atoms with Gasteiger partial charge in [0.15, 0.2) is 5.84 Å². The molecule has 0 aliphatic carbocycles. The molecule has 0 spiro atoms. The van der Waals surface area contributed by atoms with E-state index in [4.69, 9.17) is 15.7 Å². The summed E-state index contributed by atoms with van der Waals surface area (Å²) in [5, 5.41) is 11.7. The highest BCUT2D eigenvalue weighted by atomic mass is 19.4. The first-order valence-corrected chi connectivity index (χ1v) is 9.18. The second-order valence-corrected chi connectivity index (χ2v) is 6.70. The highest BCUT2D eigenvalue weighted by Gasteiger charge is 2.32. The van der Waals surface area contributed by atoms with Crippen LogP contribution in [0.4, 0.5) is 23.7 Å². The van der Waals surface area contributed by atoms with Gasteiger partial charge in [-0.05, 0) is 23.8 Å². The van der Waals surface area contributed by atoms with Crippen LogP contribution in [-0.2, 0) is 17.5 Å². The number of nitrogens with zero attached hydrogens (tertiary/aromatic N) is 3. The van der Waals surface area contributed by atoms with Gasteiger partial charge in [-0.25, -0.2) is 4.79 Å². The minimum Gasteiger partial charge on any atom is -0.409 e. The number of hydrogen-bond acceptors (Lipinski definition) is 4. The summed E-state index contributed by atoms with van der Waals surface area (Å²) in [6, 6.07) is 10.8. The smallest absolute Gasteiger partial charge is 0.409 e. The van der Waals surface area contributed by atoms with Crippen LogP contribution in [0.1, 0.15) is 16.7 Å². The number of amides is 2. The second kappa shape index (κ2) is 9.04. The van der Waals surface area contributed by atoms with E-state index in [2.05, 4.69) is 5.16 Å². The van der Waals surface area contributed by atoms with E-state index >= 15 is 0 Å². The van der Waals surface area contributed by atoms with Crippen molar-refractivity contribution in [2.75, 3.05) is 31.2 Å². The largest absolute Gasteiger partial charge is 0.416 e. The molecule has 0 saturated carbocycles. The van der Waals surface area contributed by atoms with Gasteiger partial charge in [-0.2, -0.15) is 13.2 Å². The van der Waals surface area contributed by atoms with Crippen molar-refractivity contribution < 1.29 is 27.9 Å². The van der Waals surface area contributed by atoms with E-state index in [-0.39, 0.29) is 18.1 Å². The van der Waals surface area contributed by atoms with Crippen LogP contribution in [0, 0.1) is 0 Å².